The van der Waals surface area contributed by atoms with Gasteiger partial charge in [0.1, 0.15) is 0 Å². The van der Waals surface area contributed by atoms with Crippen LogP contribution in [0.15, 0.2) is 0 Å². The Morgan fingerprint density at radius 2 is 2.00 bits per heavy atom. The fourth-order valence-electron chi connectivity index (χ4n) is 3.03. The molecule has 0 bridgehead atoms. The number of nitrogens with zero attached hydrogens (tertiary/aromatic N) is 2. The summed E-state index contributed by atoms with van der Waals surface area (Å²) in [4.78, 5) is 4.79. The quantitative estimate of drug-likeness (QED) is 0.776. The van der Waals surface area contributed by atoms with Crippen molar-refractivity contribution < 1.29 is 8.42 Å². The van der Waals surface area contributed by atoms with Gasteiger partial charge >= 0.3 is 0 Å². The van der Waals surface area contributed by atoms with Crippen molar-refractivity contribution in [2.45, 2.75) is 31.3 Å². The largest absolute Gasteiger partial charge is 0.312 e. The molecular weight excluding hydrogens is 262 g/mol. The molecule has 2 fully saturated rings. The molecule has 0 saturated carbocycles. The Balaban J connectivity index is 1.72. The Bertz CT molecular complexity index is 377. The first-order valence-corrected chi connectivity index (χ1v) is 9.11. The van der Waals surface area contributed by atoms with E-state index in [1.165, 1.54) is 25.9 Å². The van der Waals surface area contributed by atoms with Gasteiger partial charge in [-0.05, 0) is 53.0 Å². The lowest BCUT2D eigenvalue weighted by molar-refractivity contribution is 0.140. The number of piperidine rings is 1. The maximum absolute atomic E-state index is 11.6. The summed E-state index contributed by atoms with van der Waals surface area (Å²) in [7, 11) is 1.55. The third-order valence-electron chi connectivity index (χ3n) is 4.44. The Morgan fingerprint density at radius 1 is 1.32 bits per heavy atom. The molecule has 112 valence electrons. The highest BCUT2D eigenvalue weighted by molar-refractivity contribution is 7.91. The first-order valence-electron chi connectivity index (χ1n) is 7.29. The Kier molecular flexibility index (Phi) is 5.22. The summed E-state index contributed by atoms with van der Waals surface area (Å²) >= 11 is 0. The third kappa shape index (κ3) is 4.70. The molecule has 1 N–H and O–H groups in total. The molecule has 2 aliphatic rings. The second-order valence-electron chi connectivity index (χ2n) is 6.07. The van der Waals surface area contributed by atoms with Crippen LogP contribution in [0.1, 0.15) is 19.3 Å². The third-order valence-corrected chi connectivity index (χ3v) is 6.18. The normalized spacial score (nSPS) is 29.7. The number of rotatable bonds is 4. The van der Waals surface area contributed by atoms with Gasteiger partial charge in [-0.3, -0.25) is 0 Å². The number of sulfone groups is 1. The Morgan fingerprint density at radius 3 is 2.63 bits per heavy atom. The molecule has 19 heavy (non-hydrogen) atoms. The van der Waals surface area contributed by atoms with Crippen LogP contribution in [-0.2, 0) is 9.84 Å². The van der Waals surface area contributed by atoms with Crippen molar-refractivity contribution in [1.29, 1.82) is 0 Å². The second-order valence-corrected chi connectivity index (χ2v) is 8.30. The van der Waals surface area contributed by atoms with E-state index in [2.05, 4.69) is 29.2 Å². The van der Waals surface area contributed by atoms with Gasteiger partial charge in [-0.1, -0.05) is 0 Å². The molecule has 0 aromatic rings. The van der Waals surface area contributed by atoms with E-state index in [-0.39, 0.29) is 6.04 Å². The van der Waals surface area contributed by atoms with Crippen molar-refractivity contribution >= 4 is 9.84 Å². The van der Waals surface area contributed by atoms with Crippen LogP contribution in [0, 0.1) is 0 Å². The van der Waals surface area contributed by atoms with Gasteiger partial charge in [-0.25, -0.2) is 8.42 Å². The standard InChI is InChI=1S/C13H27N3O2S/c1-15-7-4-13(5-8-15)16(2)9-3-12-11-19(17,18)10-6-14-12/h12-14H,3-11H2,1-2H3. The van der Waals surface area contributed by atoms with Crippen molar-refractivity contribution in [1.82, 2.24) is 15.1 Å². The van der Waals surface area contributed by atoms with Crippen LogP contribution >= 0.6 is 0 Å². The van der Waals surface area contributed by atoms with Gasteiger partial charge in [0.25, 0.3) is 0 Å². The van der Waals surface area contributed by atoms with Crippen LogP contribution in [0.4, 0.5) is 0 Å². The topological polar surface area (TPSA) is 52.7 Å². The summed E-state index contributed by atoms with van der Waals surface area (Å²) in [5.74, 6) is 0.614. The zero-order chi connectivity index (χ0) is 13.9. The molecule has 5 nitrogen and oxygen atoms in total. The van der Waals surface area contributed by atoms with Crippen LogP contribution < -0.4 is 5.32 Å². The minimum atomic E-state index is -2.80. The van der Waals surface area contributed by atoms with E-state index in [1.54, 1.807) is 0 Å². The van der Waals surface area contributed by atoms with E-state index in [4.69, 9.17) is 0 Å². The molecular formula is C13H27N3O2S. The van der Waals surface area contributed by atoms with E-state index < -0.39 is 9.84 Å². The lowest BCUT2D eigenvalue weighted by atomic mass is 10.0. The van der Waals surface area contributed by atoms with Crippen molar-refractivity contribution in [3.05, 3.63) is 0 Å². The van der Waals surface area contributed by atoms with Crippen LogP contribution in [0.2, 0.25) is 0 Å². The lowest BCUT2D eigenvalue weighted by Crippen LogP contribution is -2.48. The molecule has 0 aliphatic carbocycles. The highest BCUT2D eigenvalue weighted by Crippen LogP contribution is 2.15. The van der Waals surface area contributed by atoms with Crippen molar-refractivity contribution in [3.63, 3.8) is 0 Å². The zero-order valence-corrected chi connectivity index (χ0v) is 13.0. The van der Waals surface area contributed by atoms with Gasteiger partial charge < -0.3 is 15.1 Å². The predicted molar refractivity (Wildman–Crippen MR) is 78.2 cm³/mol. The van der Waals surface area contributed by atoms with Gasteiger partial charge in [-0.2, -0.15) is 0 Å². The summed E-state index contributed by atoms with van der Waals surface area (Å²) in [6, 6.07) is 0.809. The molecule has 0 amide bonds. The average molecular weight is 289 g/mol. The van der Waals surface area contributed by atoms with Crippen molar-refractivity contribution in [2.75, 3.05) is 51.8 Å². The fourth-order valence-corrected chi connectivity index (χ4v) is 4.52. The van der Waals surface area contributed by atoms with E-state index >= 15 is 0 Å². The summed E-state index contributed by atoms with van der Waals surface area (Å²) in [6.45, 7) is 3.95. The van der Waals surface area contributed by atoms with Gasteiger partial charge in [0.15, 0.2) is 9.84 Å². The molecule has 2 heterocycles. The summed E-state index contributed by atoms with van der Waals surface area (Å²) in [6.07, 6.45) is 3.38. The van der Waals surface area contributed by atoms with E-state index in [9.17, 15) is 8.42 Å². The first kappa shape index (κ1) is 15.2. The van der Waals surface area contributed by atoms with Crippen LogP contribution in [0.25, 0.3) is 0 Å². The van der Waals surface area contributed by atoms with Crippen molar-refractivity contribution in [2.24, 2.45) is 0 Å². The molecule has 2 saturated heterocycles. The molecule has 0 spiro atoms. The monoisotopic (exact) mass is 289 g/mol. The highest BCUT2D eigenvalue weighted by Gasteiger charge is 2.25. The van der Waals surface area contributed by atoms with Crippen LogP contribution in [0.5, 0.6) is 0 Å². The Hall–Kier alpha value is -0.170. The average Bonchev–Trinajstić information content (AvgIpc) is 2.36. The molecule has 6 heteroatoms. The van der Waals surface area contributed by atoms with Gasteiger partial charge in [0.05, 0.1) is 11.5 Å². The van der Waals surface area contributed by atoms with E-state index in [1.807, 2.05) is 0 Å². The minimum absolute atomic E-state index is 0.146. The summed E-state index contributed by atoms with van der Waals surface area (Å²) < 4.78 is 23.2. The van der Waals surface area contributed by atoms with Crippen LogP contribution in [0.3, 0.4) is 0 Å². The SMILES string of the molecule is CN1CCC(N(C)CCC2CS(=O)(=O)CCN2)CC1. The molecule has 1 atom stereocenters. The summed E-state index contributed by atoms with van der Waals surface area (Å²) in [5.41, 5.74) is 0. The highest BCUT2D eigenvalue weighted by atomic mass is 32.2. The molecule has 1 unspecified atom stereocenters. The summed E-state index contributed by atoms with van der Waals surface area (Å²) in [5, 5.41) is 3.33. The molecule has 0 aromatic carbocycles. The number of likely N-dealkylation sites (tertiary alicyclic amines) is 1. The van der Waals surface area contributed by atoms with E-state index in [0.29, 0.717) is 24.1 Å². The fraction of sp³-hybridized carbons (Fsp3) is 1.00. The van der Waals surface area contributed by atoms with E-state index in [0.717, 1.165) is 13.0 Å². The maximum atomic E-state index is 11.6. The minimum Gasteiger partial charge on any atom is -0.312 e. The molecule has 0 radical (unpaired) electrons. The van der Waals surface area contributed by atoms with Crippen molar-refractivity contribution in [3.8, 4) is 0 Å². The maximum Gasteiger partial charge on any atom is 0.153 e. The van der Waals surface area contributed by atoms with Crippen LogP contribution in [-0.4, -0.2) is 82.1 Å². The van der Waals surface area contributed by atoms with Gasteiger partial charge in [0.2, 0.25) is 0 Å². The number of hydrogen-bond donors (Lipinski definition) is 1. The lowest BCUT2D eigenvalue weighted by Gasteiger charge is -2.36. The molecule has 2 aliphatic heterocycles. The smallest absolute Gasteiger partial charge is 0.153 e. The number of hydrogen-bond acceptors (Lipinski definition) is 5. The van der Waals surface area contributed by atoms with Gasteiger partial charge in [0, 0.05) is 18.6 Å². The predicted octanol–water partition coefficient (Wildman–Crippen LogP) is -0.211. The second kappa shape index (κ2) is 6.52. The Labute approximate surface area is 117 Å². The number of nitrogens with one attached hydrogen (secondary N) is 1. The zero-order valence-electron chi connectivity index (χ0n) is 12.1. The molecule has 2 rings (SSSR count). The van der Waals surface area contributed by atoms with Gasteiger partial charge in [-0.15, -0.1) is 0 Å². The first-order chi connectivity index (χ1) is 8.96. The molecule has 0 aromatic heterocycles.